The molecule has 0 aliphatic heterocycles. The summed E-state index contributed by atoms with van der Waals surface area (Å²) in [5.41, 5.74) is 0. The van der Waals surface area contributed by atoms with E-state index in [1.54, 1.807) is 0 Å². The number of carbonyl (C=O) groups excluding carboxylic acids is 1. The lowest BCUT2D eigenvalue weighted by atomic mass is 10.3. The van der Waals surface area contributed by atoms with Crippen molar-refractivity contribution in [3.8, 4) is 0 Å². The molecule has 6 heteroatoms. The van der Waals surface area contributed by atoms with E-state index in [1.165, 1.54) is 0 Å². The van der Waals surface area contributed by atoms with Crippen molar-refractivity contribution in [2.45, 2.75) is 65.3 Å². The van der Waals surface area contributed by atoms with Crippen LogP contribution in [0.25, 0.3) is 0 Å². The van der Waals surface area contributed by atoms with E-state index in [1.807, 2.05) is 13.8 Å². The zero-order chi connectivity index (χ0) is 16.7. The molecule has 0 aliphatic rings. The van der Waals surface area contributed by atoms with Crippen LogP contribution in [0.5, 0.6) is 0 Å². The molecule has 0 spiro atoms. The molecule has 0 saturated heterocycles. The Hall–Kier alpha value is -0.690. The Morgan fingerprint density at radius 3 is 1.86 bits per heavy atom. The maximum atomic E-state index is 11.5. The summed E-state index contributed by atoms with van der Waals surface area (Å²) in [4.78, 5) is 11.5. The fourth-order valence-electron chi connectivity index (χ4n) is 1.61. The SMILES string of the molecule is CCCCOCC(OCCCC)(OCCCC)OC(=O)CO. The smallest absolute Gasteiger partial charge is 0.354 e. The molecule has 0 aliphatic carbocycles. The lowest BCUT2D eigenvalue weighted by Crippen LogP contribution is -2.46. The van der Waals surface area contributed by atoms with Crippen molar-refractivity contribution in [1.82, 2.24) is 0 Å². The summed E-state index contributed by atoms with van der Waals surface area (Å²) in [7, 11) is 0. The van der Waals surface area contributed by atoms with Gasteiger partial charge >= 0.3 is 11.9 Å². The van der Waals surface area contributed by atoms with Gasteiger partial charge in [0.25, 0.3) is 0 Å². The number of aliphatic hydroxyl groups is 1. The zero-order valence-corrected chi connectivity index (χ0v) is 14.3. The van der Waals surface area contributed by atoms with Crippen LogP contribution in [-0.2, 0) is 23.7 Å². The molecular formula is C16H32O6. The highest BCUT2D eigenvalue weighted by Crippen LogP contribution is 2.19. The Labute approximate surface area is 134 Å². The van der Waals surface area contributed by atoms with Gasteiger partial charge in [-0.3, -0.25) is 0 Å². The standard InChI is InChI=1S/C16H32O6/c1-4-7-10-19-14-16(20-11-8-5-2,21-12-9-6-3)22-15(18)13-17/h17H,4-14H2,1-3H3. The predicted molar refractivity (Wildman–Crippen MR) is 83.4 cm³/mol. The first-order chi connectivity index (χ1) is 10.6. The summed E-state index contributed by atoms with van der Waals surface area (Å²) in [6, 6.07) is 0. The molecule has 0 saturated carbocycles. The molecule has 0 rings (SSSR count). The van der Waals surface area contributed by atoms with Gasteiger partial charge in [0.05, 0.1) is 13.2 Å². The number of rotatable bonds is 15. The van der Waals surface area contributed by atoms with Gasteiger partial charge in [-0.05, 0) is 19.3 Å². The largest absolute Gasteiger partial charge is 0.404 e. The van der Waals surface area contributed by atoms with E-state index in [9.17, 15) is 4.79 Å². The summed E-state index contributed by atoms with van der Waals surface area (Å²) in [6.07, 6.45) is 5.48. The third-order valence-corrected chi connectivity index (χ3v) is 2.96. The summed E-state index contributed by atoms with van der Waals surface area (Å²) in [6.45, 7) is 6.79. The number of unbranched alkanes of at least 4 members (excludes halogenated alkanes) is 3. The highest BCUT2D eigenvalue weighted by atomic mass is 16.9. The summed E-state index contributed by atoms with van der Waals surface area (Å²) in [5.74, 6) is -2.34. The number of esters is 1. The van der Waals surface area contributed by atoms with Crippen LogP contribution in [0.3, 0.4) is 0 Å². The molecule has 1 N–H and O–H groups in total. The zero-order valence-electron chi connectivity index (χ0n) is 14.3. The highest BCUT2D eigenvalue weighted by Gasteiger charge is 2.37. The van der Waals surface area contributed by atoms with Crippen molar-refractivity contribution in [3.05, 3.63) is 0 Å². The average Bonchev–Trinajstić information content (AvgIpc) is 2.52. The molecule has 0 aromatic carbocycles. The number of hydrogen-bond donors (Lipinski definition) is 1. The molecule has 0 amide bonds. The first-order valence-corrected chi connectivity index (χ1v) is 8.32. The maximum Gasteiger partial charge on any atom is 0.354 e. The van der Waals surface area contributed by atoms with Crippen LogP contribution >= 0.6 is 0 Å². The molecule has 0 radical (unpaired) electrons. The molecule has 0 atom stereocenters. The van der Waals surface area contributed by atoms with Crippen molar-refractivity contribution in [3.63, 3.8) is 0 Å². The fraction of sp³-hybridized carbons (Fsp3) is 0.938. The van der Waals surface area contributed by atoms with Crippen LogP contribution in [0.15, 0.2) is 0 Å². The van der Waals surface area contributed by atoms with Gasteiger partial charge in [-0.1, -0.05) is 40.0 Å². The highest BCUT2D eigenvalue weighted by molar-refractivity contribution is 5.70. The van der Waals surface area contributed by atoms with Crippen LogP contribution in [0.4, 0.5) is 0 Å². The Morgan fingerprint density at radius 1 is 0.909 bits per heavy atom. The number of carbonyl (C=O) groups is 1. The number of aliphatic hydroxyl groups excluding tert-OH is 1. The first-order valence-electron chi connectivity index (χ1n) is 8.32. The molecule has 0 aromatic rings. The molecule has 22 heavy (non-hydrogen) atoms. The van der Waals surface area contributed by atoms with Crippen molar-refractivity contribution in [2.75, 3.05) is 33.0 Å². The lowest BCUT2D eigenvalue weighted by Gasteiger charge is -2.32. The third kappa shape index (κ3) is 10.1. The molecule has 0 unspecified atom stereocenters. The minimum atomic E-state index is -1.56. The molecule has 0 aromatic heterocycles. The van der Waals surface area contributed by atoms with Gasteiger partial charge in [0.1, 0.15) is 13.2 Å². The quantitative estimate of drug-likeness (QED) is 0.284. The molecule has 6 nitrogen and oxygen atoms in total. The maximum absolute atomic E-state index is 11.5. The second kappa shape index (κ2) is 13.9. The monoisotopic (exact) mass is 320 g/mol. The molecular weight excluding hydrogens is 288 g/mol. The van der Waals surface area contributed by atoms with E-state index in [2.05, 4.69) is 6.92 Å². The van der Waals surface area contributed by atoms with Gasteiger partial charge in [-0.15, -0.1) is 0 Å². The van der Waals surface area contributed by atoms with Gasteiger partial charge < -0.3 is 24.1 Å². The van der Waals surface area contributed by atoms with E-state index >= 15 is 0 Å². The van der Waals surface area contributed by atoms with Crippen molar-refractivity contribution in [1.29, 1.82) is 0 Å². The van der Waals surface area contributed by atoms with Gasteiger partial charge in [0, 0.05) is 6.61 Å². The van der Waals surface area contributed by atoms with Gasteiger partial charge in [-0.25, -0.2) is 4.79 Å². The van der Waals surface area contributed by atoms with Crippen molar-refractivity contribution in [2.24, 2.45) is 0 Å². The van der Waals surface area contributed by atoms with E-state index < -0.39 is 18.5 Å². The Bertz CT molecular complexity index is 259. The summed E-state index contributed by atoms with van der Waals surface area (Å²) >= 11 is 0. The van der Waals surface area contributed by atoms with Gasteiger partial charge in [0.2, 0.25) is 0 Å². The van der Waals surface area contributed by atoms with E-state index in [0.717, 1.165) is 38.5 Å². The van der Waals surface area contributed by atoms with E-state index in [4.69, 9.17) is 24.1 Å². The van der Waals surface area contributed by atoms with E-state index in [0.29, 0.717) is 19.8 Å². The summed E-state index contributed by atoms with van der Waals surface area (Å²) < 4.78 is 22.1. The lowest BCUT2D eigenvalue weighted by molar-refractivity contribution is -0.378. The van der Waals surface area contributed by atoms with E-state index in [-0.39, 0.29) is 6.61 Å². The van der Waals surface area contributed by atoms with Crippen LogP contribution in [0.1, 0.15) is 59.3 Å². The Kier molecular flexibility index (Phi) is 13.5. The molecule has 0 fully saturated rings. The number of hydrogen-bond acceptors (Lipinski definition) is 6. The van der Waals surface area contributed by atoms with Crippen LogP contribution in [0, 0.1) is 0 Å². The normalized spacial score (nSPS) is 11.6. The minimum absolute atomic E-state index is 0.00612. The third-order valence-electron chi connectivity index (χ3n) is 2.96. The molecule has 0 bridgehead atoms. The van der Waals surface area contributed by atoms with Crippen LogP contribution in [0.2, 0.25) is 0 Å². The topological polar surface area (TPSA) is 74.2 Å². The van der Waals surface area contributed by atoms with Crippen LogP contribution < -0.4 is 0 Å². The Morgan fingerprint density at radius 2 is 1.41 bits per heavy atom. The van der Waals surface area contributed by atoms with Gasteiger partial charge in [0.15, 0.2) is 0 Å². The summed E-state index contributed by atoms with van der Waals surface area (Å²) in [5, 5.41) is 8.92. The minimum Gasteiger partial charge on any atom is -0.404 e. The second-order valence-corrected chi connectivity index (χ2v) is 5.13. The van der Waals surface area contributed by atoms with Crippen molar-refractivity contribution >= 4 is 5.97 Å². The number of ether oxygens (including phenoxy) is 4. The second-order valence-electron chi connectivity index (χ2n) is 5.13. The average molecular weight is 320 g/mol. The van der Waals surface area contributed by atoms with Gasteiger partial charge in [-0.2, -0.15) is 0 Å². The predicted octanol–water partition coefficient (Wildman–Crippen LogP) is 2.63. The fourth-order valence-corrected chi connectivity index (χ4v) is 1.61. The van der Waals surface area contributed by atoms with Crippen LogP contribution in [-0.4, -0.2) is 50.1 Å². The molecule has 0 heterocycles. The Balaban J connectivity index is 4.72. The first kappa shape index (κ1) is 21.3. The molecule has 132 valence electrons. The van der Waals surface area contributed by atoms with Crippen molar-refractivity contribution < 1.29 is 28.8 Å².